The molecule has 0 aliphatic rings. The smallest absolute Gasteiger partial charge is 0.191 e. The lowest BCUT2D eigenvalue weighted by molar-refractivity contribution is 0.544. The molecule has 2 N–H and O–H groups in total. The zero-order valence-electron chi connectivity index (χ0n) is 14.6. The van der Waals surface area contributed by atoms with Crippen molar-refractivity contribution in [1.82, 2.24) is 20.4 Å². The number of nitrogens with one attached hydrogen (secondary N) is 2. The third kappa shape index (κ3) is 5.11. The minimum atomic E-state index is 0.764. The van der Waals surface area contributed by atoms with Crippen LogP contribution in [0, 0.1) is 0 Å². The fourth-order valence-electron chi connectivity index (χ4n) is 2.66. The maximum atomic E-state index is 5.84. The van der Waals surface area contributed by atoms with E-state index in [-0.39, 0.29) is 0 Å². The van der Waals surface area contributed by atoms with Gasteiger partial charge in [-0.05, 0) is 31.5 Å². The van der Waals surface area contributed by atoms with E-state index in [1.54, 1.807) is 6.20 Å². The molecule has 0 aliphatic heterocycles. The SMILES string of the molecule is CCNC(=NCCCn1cccn1)NCCc1cc2ccccc2o1. The molecule has 132 valence electrons. The van der Waals surface area contributed by atoms with Crippen molar-refractivity contribution in [1.29, 1.82) is 0 Å². The Morgan fingerprint density at radius 2 is 2.16 bits per heavy atom. The number of aryl methyl sites for hydroxylation is 1. The van der Waals surface area contributed by atoms with Crippen LogP contribution in [0.2, 0.25) is 0 Å². The molecule has 0 atom stereocenters. The maximum absolute atomic E-state index is 5.84. The first-order chi connectivity index (χ1) is 12.3. The molecule has 0 radical (unpaired) electrons. The van der Waals surface area contributed by atoms with E-state index < -0.39 is 0 Å². The van der Waals surface area contributed by atoms with Gasteiger partial charge in [-0.15, -0.1) is 0 Å². The molecule has 25 heavy (non-hydrogen) atoms. The average molecular weight is 339 g/mol. The van der Waals surface area contributed by atoms with E-state index in [4.69, 9.17) is 4.42 Å². The zero-order valence-corrected chi connectivity index (χ0v) is 14.6. The monoisotopic (exact) mass is 339 g/mol. The Morgan fingerprint density at radius 1 is 1.24 bits per heavy atom. The topological polar surface area (TPSA) is 67.4 Å². The molecule has 6 nitrogen and oxygen atoms in total. The van der Waals surface area contributed by atoms with E-state index in [9.17, 15) is 0 Å². The largest absolute Gasteiger partial charge is 0.461 e. The Morgan fingerprint density at radius 3 is 2.96 bits per heavy atom. The normalized spacial score (nSPS) is 11.8. The number of aromatic nitrogens is 2. The highest BCUT2D eigenvalue weighted by molar-refractivity contribution is 5.80. The molecular weight excluding hydrogens is 314 g/mol. The summed E-state index contributed by atoms with van der Waals surface area (Å²) in [5, 5.41) is 12.0. The number of guanidine groups is 1. The van der Waals surface area contributed by atoms with Crippen molar-refractivity contribution in [3.63, 3.8) is 0 Å². The van der Waals surface area contributed by atoms with E-state index in [1.165, 1.54) is 0 Å². The standard InChI is InChI=1S/C19H25N5O/c1-2-20-19(21-10-5-13-24-14-6-11-23-24)22-12-9-17-15-16-7-3-4-8-18(16)25-17/h3-4,6-8,11,14-15H,2,5,9-10,12-13H2,1H3,(H2,20,21,22). The number of aliphatic imine (C=N–C) groups is 1. The molecule has 0 unspecified atom stereocenters. The molecule has 0 amide bonds. The summed E-state index contributed by atoms with van der Waals surface area (Å²) in [7, 11) is 0. The van der Waals surface area contributed by atoms with Crippen LogP contribution in [0.5, 0.6) is 0 Å². The van der Waals surface area contributed by atoms with Gasteiger partial charge in [-0.1, -0.05) is 18.2 Å². The highest BCUT2D eigenvalue weighted by Crippen LogP contribution is 2.18. The first kappa shape index (κ1) is 17.1. The van der Waals surface area contributed by atoms with E-state index in [0.717, 1.165) is 61.7 Å². The van der Waals surface area contributed by atoms with Crippen molar-refractivity contribution >= 4 is 16.9 Å². The molecule has 0 spiro atoms. The number of nitrogens with zero attached hydrogens (tertiary/aromatic N) is 3. The Balaban J connectivity index is 1.45. The minimum Gasteiger partial charge on any atom is -0.461 e. The number of fused-ring (bicyclic) bond motifs is 1. The highest BCUT2D eigenvalue weighted by atomic mass is 16.3. The Kier molecular flexibility index (Phi) is 6.09. The van der Waals surface area contributed by atoms with Crippen LogP contribution in [0.1, 0.15) is 19.1 Å². The average Bonchev–Trinajstić information content (AvgIpc) is 3.27. The molecule has 3 aromatic rings. The lowest BCUT2D eigenvalue weighted by Gasteiger charge is -2.10. The van der Waals surface area contributed by atoms with Crippen LogP contribution in [-0.2, 0) is 13.0 Å². The van der Waals surface area contributed by atoms with Crippen LogP contribution in [0.25, 0.3) is 11.0 Å². The van der Waals surface area contributed by atoms with E-state index in [1.807, 2.05) is 35.1 Å². The minimum absolute atomic E-state index is 0.764. The van der Waals surface area contributed by atoms with E-state index in [2.05, 4.69) is 39.8 Å². The lowest BCUT2D eigenvalue weighted by atomic mass is 10.2. The van der Waals surface area contributed by atoms with Gasteiger partial charge in [0.05, 0.1) is 0 Å². The fourth-order valence-corrected chi connectivity index (χ4v) is 2.66. The van der Waals surface area contributed by atoms with Crippen molar-refractivity contribution < 1.29 is 4.42 Å². The van der Waals surface area contributed by atoms with Gasteiger partial charge in [-0.3, -0.25) is 9.67 Å². The van der Waals surface area contributed by atoms with Crippen molar-refractivity contribution in [2.75, 3.05) is 19.6 Å². The number of benzene rings is 1. The molecule has 0 bridgehead atoms. The van der Waals surface area contributed by atoms with Crippen molar-refractivity contribution in [2.45, 2.75) is 26.3 Å². The van der Waals surface area contributed by atoms with Gasteiger partial charge in [0.1, 0.15) is 11.3 Å². The lowest BCUT2D eigenvalue weighted by Crippen LogP contribution is -2.38. The third-order valence-electron chi connectivity index (χ3n) is 3.86. The maximum Gasteiger partial charge on any atom is 0.191 e. The summed E-state index contributed by atoms with van der Waals surface area (Å²) in [5.41, 5.74) is 0.941. The molecule has 0 fully saturated rings. The van der Waals surface area contributed by atoms with Crippen LogP contribution in [0.15, 0.2) is 58.2 Å². The van der Waals surface area contributed by atoms with E-state index in [0.29, 0.717) is 0 Å². The molecule has 3 rings (SSSR count). The Labute approximate surface area is 147 Å². The Hall–Kier alpha value is -2.76. The van der Waals surface area contributed by atoms with E-state index >= 15 is 0 Å². The molecule has 2 aromatic heterocycles. The fraction of sp³-hybridized carbons (Fsp3) is 0.368. The quantitative estimate of drug-likeness (QED) is 0.376. The van der Waals surface area contributed by atoms with Gasteiger partial charge in [0.15, 0.2) is 5.96 Å². The van der Waals surface area contributed by atoms with Crippen LogP contribution in [0.4, 0.5) is 0 Å². The molecule has 0 aliphatic carbocycles. The van der Waals surface area contributed by atoms with Crippen LogP contribution >= 0.6 is 0 Å². The molecular formula is C19H25N5O. The van der Waals surface area contributed by atoms with Crippen molar-refractivity contribution in [3.05, 3.63) is 54.6 Å². The molecule has 0 saturated heterocycles. The number of furan rings is 1. The third-order valence-corrected chi connectivity index (χ3v) is 3.86. The predicted octanol–water partition coefficient (Wildman–Crippen LogP) is 2.82. The van der Waals surface area contributed by atoms with Gasteiger partial charge < -0.3 is 15.1 Å². The van der Waals surface area contributed by atoms with Gasteiger partial charge in [-0.2, -0.15) is 5.10 Å². The molecule has 2 heterocycles. The summed E-state index contributed by atoms with van der Waals surface area (Å²) in [6.45, 7) is 5.34. The summed E-state index contributed by atoms with van der Waals surface area (Å²) in [6, 6.07) is 12.1. The van der Waals surface area contributed by atoms with Crippen molar-refractivity contribution in [2.24, 2.45) is 4.99 Å². The summed E-state index contributed by atoms with van der Waals surface area (Å²) in [6.07, 6.45) is 5.56. The molecule has 0 saturated carbocycles. The molecule has 1 aromatic carbocycles. The second-order valence-corrected chi connectivity index (χ2v) is 5.81. The van der Waals surface area contributed by atoms with Gasteiger partial charge in [0.25, 0.3) is 0 Å². The Bertz CT molecular complexity index is 758. The number of para-hydroxylation sites is 1. The summed E-state index contributed by atoms with van der Waals surface area (Å²) in [5.74, 6) is 1.84. The second-order valence-electron chi connectivity index (χ2n) is 5.81. The number of hydrogen-bond donors (Lipinski definition) is 2. The zero-order chi connectivity index (χ0) is 17.3. The van der Waals surface area contributed by atoms with Crippen LogP contribution in [0.3, 0.4) is 0 Å². The van der Waals surface area contributed by atoms with Gasteiger partial charge >= 0.3 is 0 Å². The highest BCUT2D eigenvalue weighted by Gasteiger charge is 2.03. The van der Waals surface area contributed by atoms with Gasteiger partial charge in [0.2, 0.25) is 0 Å². The summed E-state index contributed by atoms with van der Waals surface area (Å²) < 4.78 is 7.77. The first-order valence-electron chi connectivity index (χ1n) is 8.82. The molecule has 6 heteroatoms. The number of rotatable bonds is 8. The van der Waals surface area contributed by atoms with Gasteiger partial charge in [0, 0.05) is 50.4 Å². The first-order valence-corrected chi connectivity index (χ1v) is 8.82. The van der Waals surface area contributed by atoms with Gasteiger partial charge in [-0.25, -0.2) is 0 Å². The predicted molar refractivity (Wildman–Crippen MR) is 101 cm³/mol. The van der Waals surface area contributed by atoms with Crippen LogP contribution < -0.4 is 10.6 Å². The van der Waals surface area contributed by atoms with Crippen molar-refractivity contribution in [3.8, 4) is 0 Å². The van der Waals surface area contributed by atoms with Crippen LogP contribution in [-0.4, -0.2) is 35.4 Å². The summed E-state index contributed by atoms with van der Waals surface area (Å²) in [4.78, 5) is 4.61. The number of hydrogen-bond acceptors (Lipinski definition) is 3. The second kappa shape index (κ2) is 8.92. The summed E-state index contributed by atoms with van der Waals surface area (Å²) >= 11 is 0.